The number of hydrogen-bond acceptors (Lipinski definition) is 0. The van der Waals surface area contributed by atoms with Gasteiger partial charge in [0, 0.05) is 5.56 Å². The van der Waals surface area contributed by atoms with Crippen molar-refractivity contribution in [3.63, 3.8) is 0 Å². The van der Waals surface area contributed by atoms with E-state index in [1.54, 1.807) is 12.1 Å². The minimum atomic E-state index is -0.753. The van der Waals surface area contributed by atoms with Crippen molar-refractivity contribution in [3.05, 3.63) is 71.8 Å². The van der Waals surface area contributed by atoms with Gasteiger partial charge in [0.2, 0.25) is 0 Å². The zero-order valence-corrected chi connectivity index (χ0v) is 16.0. The Kier molecular flexibility index (Phi) is 5.32. The molecule has 0 saturated heterocycles. The maximum Gasteiger partial charge on any atom is 0.166 e. The van der Waals surface area contributed by atoms with Crippen LogP contribution in [0, 0.1) is 17.6 Å². The Morgan fingerprint density at radius 1 is 0.885 bits per heavy atom. The minimum absolute atomic E-state index is 0.331. The van der Waals surface area contributed by atoms with E-state index >= 15 is 0 Å². The summed E-state index contributed by atoms with van der Waals surface area (Å²) in [7, 11) is 0. The Morgan fingerprint density at radius 2 is 1.50 bits per heavy atom. The number of allylic oxidation sites excluding steroid dienone is 1. The molecule has 2 aromatic rings. The number of rotatable bonds is 3. The molecule has 0 radical (unpaired) electrons. The molecule has 0 heterocycles. The van der Waals surface area contributed by atoms with Crippen molar-refractivity contribution in [3.8, 4) is 11.1 Å². The molecule has 26 heavy (non-hydrogen) atoms. The summed E-state index contributed by atoms with van der Waals surface area (Å²) >= 11 is 0. The van der Waals surface area contributed by atoms with Crippen LogP contribution in [0.5, 0.6) is 0 Å². The zero-order valence-electron chi connectivity index (χ0n) is 16.0. The largest absolute Gasteiger partial charge is 0.203 e. The number of halogens is 2. The first kappa shape index (κ1) is 18.8. The van der Waals surface area contributed by atoms with Gasteiger partial charge in [-0.2, -0.15) is 0 Å². The third-order valence-electron chi connectivity index (χ3n) is 5.69. The van der Waals surface area contributed by atoms with Crippen LogP contribution in [0.25, 0.3) is 11.1 Å². The average molecular weight is 354 g/mol. The fourth-order valence-corrected chi connectivity index (χ4v) is 3.97. The topological polar surface area (TPSA) is 0 Å². The third-order valence-corrected chi connectivity index (χ3v) is 5.69. The lowest BCUT2D eigenvalue weighted by Gasteiger charge is -2.27. The second kappa shape index (κ2) is 7.34. The molecule has 3 rings (SSSR count). The van der Waals surface area contributed by atoms with Gasteiger partial charge in [0.1, 0.15) is 0 Å². The fraction of sp³-hybridized carbons (Fsp3) is 0.417. The van der Waals surface area contributed by atoms with Gasteiger partial charge in [-0.25, -0.2) is 8.78 Å². The Labute approximate surface area is 156 Å². The molecule has 0 nitrogen and oxygen atoms in total. The van der Waals surface area contributed by atoms with E-state index in [2.05, 4.69) is 24.8 Å². The molecule has 0 atom stereocenters. The Bertz CT molecular complexity index is 773. The smallest absolute Gasteiger partial charge is 0.166 e. The molecule has 1 aliphatic rings. The van der Waals surface area contributed by atoms with Crippen LogP contribution in [0.4, 0.5) is 8.78 Å². The van der Waals surface area contributed by atoms with Gasteiger partial charge in [-0.05, 0) is 59.6 Å². The van der Waals surface area contributed by atoms with E-state index in [9.17, 15) is 8.78 Å². The predicted octanol–water partition coefficient (Wildman–Crippen LogP) is 7.39. The molecule has 1 fully saturated rings. The molecule has 0 unspecified atom stereocenters. The van der Waals surface area contributed by atoms with Crippen molar-refractivity contribution in [2.45, 2.75) is 57.8 Å². The molecule has 2 aromatic carbocycles. The summed E-state index contributed by atoms with van der Waals surface area (Å²) in [6.07, 6.45) is 6.77. The first-order valence-corrected chi connectivity index (χ1v) is 9.52. The summed E-state index contributed by atoms with van der Waals surface area (Å²) in [4.78, 5) is 0. The summed E-state index contributed by atoms with van der Waals surface area (Å²) < 4.78 is 29.1. The molecule has 0 aliphatic heterocycles. The third kappa shape index (κ3) is 3.75. The van der Waals surface area contributed by atoms with Gasteiger partial charge in [-0.1, -0.05) is 63.2 Å². The van der Waals surface area contributed by atoms with Gasteiger partial charge in [0.15, 0.2) is 11.6 Å². The molecule has 138 valence electrons. The lowest BCUT2D eigenvalue weighted by atomic mass is 9.78. The van der Waals surface area contributed by atoms with Crippen LogP contribution in [0.3, 0.4) is 0 Å². The van der Waals surface area contributed by atoms with Gasteiger partial charge in [-0.15, -0.1) is 6.58 Å². The van der Waals surface area contributed by atoms with Gasteiger partial charge in [0.25, 0.3) is 0 Å². The van der Waals surface area contributed by atoms with Crippen LogP contribution in [-0.2, 0) is 5.41 Å². The highest BCUT2D eigenvalue weighted by Gasteiger charge is 2.24. The van der Waals surface area contributed by atoms with Crippen molar-refractivity contribution in [1.29, 1.82) is 0 Å². The molecular weight excluding hydrogens is 326 g/mol. The normalized spacial score (nSPS) is 20.8. The highest BCUT2D eigenvalue weighted by Crippen LogP contribution is 2.37. The van der Waals surface area contributed by atoms with Crippen LogP contribution >= 0.6 is 0 Å². The van der Waals surface area contributed by atoms with Crippen molar-refractivity contribution in [1.82, 2.24) is 0 Å². The van der Waals surface area contributed by atoms with Gasteiger partial charge in [-0.3, -0.25) is 0 Å². The summed E-state index contributed by atoms with van der Waals surface area (Å²) in [5.74, 6) is -0.285. The van der Waals surface area contributed by atoms with Crippen LogP contribution in [-0.4, -0.2) is 0 Å². The van der Waals surface area contributed by atoms with Gasteiger partial charge >= 0.3 is 0 Å². The maximum absolute atomic E-state index is 14.6. The summed E-state index contributed by atoms with van der Waals surface area (Å²) in [6.45, 7) is 9.57. The lowest BCUT2D eigenvalue weighted by Crippen LogP contribution is -2.15. The molecule has 0 amide bonds. The van der Waals surface area contributed by atoms with E-state index < -0.39 is 17.0 Å². The monoisotopic (exact) mass is 354 g/mol. The van der Waals surface area contributed by atoms with Crippen LogP contribution in [0.1, 0.15) is 63.5 Å². The van der Waals surface area contributed by atoms with E-state index in [1.807, 2.05) is 32.9 Å². The van der Waals surface area contributed by atoms with E-state index in [0.29, 0.717) is 23.0 Å². The molecule has 0 N–H and O–H groups in total. The van der Waals surface area contributed by atoms with E-state index in [-0.39, 0.29) is 0 Å². The fourth-order valence-electron chi connectivity index (χ4n) is 3.97. The first-order valence-electron chi connectivity index (χ1n) is 9.52. The molecular formula is C24H28F2. The second-order valence-electron chi connectivity index (χ2n) is 8.51. The van der Waals surface area contributed by atoms with Crippen LogP contribution in [0.2, 0.25) is 0 Å². The minimum Gasteiger partial charge on any atom is -0.203 e. The molecule has 1 saturated carbocycles. The Hall–Kier alpha value is -1.96. The Balaban J connectivity index is 1.83. The predicted molar refractivity (Wildman–Crippen MR) is 105 cm³/mol. The Morgan fingerprint density at radius 3 is 2.04 bits per heavy atom. The quantitative estimate of drug-likeness (QED) is 0.504. The maximum atomic E-state index is 14.6. The lowest BCUT2D eigenvalue weighted by molar-refractivity contribution is 0.376. The van der Waals surface area contributed by atoms with Crippen LogP contribution < -0.4 is 0 Å². The standard InChI is InChI=1S/C24H28F2/c1-5-16-6-8-17(9-7-16)18-10-12-19(13-11-18)20-14-15-21(24(2,3)4)23(26)22(20)25/h5,10-17H,1,6-9H2,2-4H3. The second-order valence-corrected chi connectivity index (χ2v) is 8.51. The summed E-state index contributed by atoms with van der Waals surface area (Å²) in [5, 5.41) is 0. The molecule has 0 bridgehead atoms. The van der Waals surface area contributed by atoms with E-state index in [4.69, 9.17) is 0 Å². The highest BCUT2D eigenvalue weighted by atomic mass is 19.2. The van der Waals surface area contributed by atoms with E-state index in [1.165, 1.54) is 31.2 Å². The van der Waals surface area contributed by atoms with Gasteiger partial charge < -0.3 is 0 Å². The molecule has 0 aromatic heterocycles. The van der Waals surface area contributed by atoms with Crippen molar-refractivity contribution < 1.29 is 8.78 Å². The number of hydrogen-bond donors (Lipinski definition) is 0. The van der Waals surface area contributed by atoms with Crippen molar-refractivity contribution >= 4 is 0 Å². The van der Waals surface area contributed by atoms with Crippen molar-refractivity contribution in [2.75, 3.05) is 0 Å². The van der Waals surface area contributed by atoms with E-state index in [0.717, 1.165) is 5.56 Å². The van der Waals surface area contributed by atoms with Gasteiger partial charge in [0.05, 0.1) is 0 Å². The van der Waals surface area contributed by atoms with Crippen LogP contribution in [0.15, 0.2) is 49.1 Å². The summed E-state index contributed by atoms with van der Waals surface area (Å²) in [5.41, 5.74) is 2.35. The summed E-state index contributed by atoms with van der Waals surface area (Å²) in [6, 6.07) is 11.4. The highest BCUT2D eigenvalue weighted by molar-refractivity contribution is 5.65. The average Bonchev–Trinajstić information content (AvgIpc) is 2.63. The molecule has 1 aliphatic carbocycles. The first-order chi connectivity index (χ1) is 12.3. The molecule has 0 spiro atoms. The zero-order chi connectivity index (χ0) is 18.9. The van der Waals surface area contributed by atoms with Crippen molar-refractivity contribution in [2.24, 2.45) is 5.92 Å². The SMILES string of the molecule is C=CC1CCC(c2ccc(-c3ccc(C(C)(C)C)c(F)c3F)cc2)CC1. The number of benzene rings is 2. The molecule has 2 heteroatoms.